The molecule has 0 saturated heterocycles. The summed E-state index contributed by atoms with van der Waals surface area (Å²) in [7, 11) is 0. The summed E-state index contributed by atoms with van der Waals surface area (Å²) in [5.74, 6) is 0.878. The van der Waals surface area contributed by atoms with E-state index in [4.69, 9.17) is 0 Å². The maximum atomic E-state index is 11.9. The zero-order valence-electron chi connectivity index (χ0n) is 13.4. The highest BCUT2D eigenvalue weighted by Gasteiger charge is 2.21. The molecule has 3 N–H and O–H groups in total. The van der Waals surface area contributed by atoms with E-state index in [1.54, 1.807) is 0 Å². The quantitative estimate of drug-likeness (QED) is 0.745. The Labute approximate surface area is 143 Å². The minimum atomic E-state index is -0.0295. The Balaban J connectivity index is 0.00000192. The van der Waals surface area contributed by atoms with Crippen molar-refractivity contribution in [3.63, 3.8) is 0 Å². The molecule has 0 radical (unpaired) electrons. The van der Waals surface area contributed by atoms with E-state index in [0.29, 0.717) is 13.0 Å². The third kappa shape index (κ3) is 4.94. The van der Waals surface area contributed by atoms with Crippen LogP contribution in [0.25, 0.3) is 0 Å². The van der Waals surface area contributed by atoms with E-state index in [1.807, 2.05) is 19.1 Å². The first-order valence-electron chi connectivity index (χ1n) is 8.04. The van der Waals surface area contributed by atoms with Gasteiger partial charge >= 0.3 is 0 Å². The molecule has 1 atom stereocenters. The second-order valence-electron chi connectivity index (χ2n) is 6.33. The summed E-state index contributed by atoms with van der Waals surface area (Å²) in [6.45, 7) is 3.31. The van der Waals surface area contributed by atoms with Crippen molar-refractivity contribution in [3.05, 3.63) is 29.3 Å². The van der Waals surface area contributed by atoms with Gasteiger partial charge in [-0.2, -0.15) is 0 Å². The normalized spacial score (nSPS) is 17.5. The topological polar surface area (TPSA) is 70.2 Å². The lowest BCUT2D eigenvalue weighted by molar-refractivity contribution is -0.121. The minimum absolute atomic E-state index is 0. The smallest absolute Gasteiger partial charge is 0.234 e. The average Bonchev–Trinajstić information content (AvgIpc) is 3.30. The van der Waals surface area contributed by atoms with E-state index >= 15 is 0 Å². The van der Waals surface area contributed by atoms with Gasteiger partial charge in [0.2, 0.25) is 11.8 Å². The molecule has 1 aromatic rings. The number of fused-ring (bicyclic) bond motifs is 1. The summed E-state index contributed by atoms with van der Waals surface area (Å²) in [5, 5.41) is 9.09. The number of aryl methyl sites for hydroxylation is 1. The second-order valence-corrected chi connectivity index (χ2v) is 6.33. The summed E-state index contributed by atoms with van der Waals surface area (Å²) in [6, 6.07) is 5.94. The first-order valence-corrected chi connectivity index (χ1v) is 8.04. The van der Waals surface area contributed by atoms with Crippen molar-refractivity contribution < 1.29 is 9.59 Å². The van der Waals surface area contributed by atoms with Crippen LogP contribution in [0.1, 0.15) is 43.4 Å². The van der Waals surface area contributed by atoms with E-state index < -0.39 is 0 Å². The summed E-state index contributed by atoms with van der Waals surface area (Å²) in [5.41, 5.74) is 3.11. The molecule has 0 aromatic heterocycles. The molecule has 1 aromatic carbocycles. The molecule has 1 aliphatic carbocycles. The van der Waals surface area contributed by atoms with Crippen LogP contribution in [-0.4, -0.2) is 24.9 Å². The predicted molar refractivity (Wildman–Crippen MR) is 92.8 cm³/mol. The number of carbonyl (C=O) groups excluding carboxylic acids is 2. The van der Waals surface area contributed by atoms with Gasteiger partial charge < -0.3 is 16.0 Å². The molecule has 3 rings (SSSR count). The Bertz CT molecular complexity index is 587. The van der Waals surface area contributed by atoms with Crippen LogP contribution in [-0.2, 0) is 16.0 Å². The number of halogens is 1. The van der Waals surface area contributed by atoms with Crippen molar-refractivity contribution >= 4 is 29.9 Å². The number of rotatable bonds is 6. The van der Waals surface area contributed by atoms with Gasteiger partial charge in [-0.05, 0) is 55.8 Å². The number of nitrogens with one attached hydrogen (secondary N) is 3. The standard InChI is InChI=1S/C17H23N3O2.ClH/c1-11(19-17(22)10-18-9-12-2-3-12)13-4-6-15-14(8-13)5-7-16(21)20-15;/h4,6,8,11-12,18H,2-3,5,7,9-10H2,1H3,(H,19,22)(H,20,21);1H. The lowest BCUT2D eigenvalue weighted by Gasteiger charge is -2.20. The highest BCUT2D eigenvalue weighted by atomic mass is 35.5. The predicted octanol–water partition coefficient (Wildman–Crippen LogP) is 2.17. The third-order valence-corrected chi connectivity index (χ3v) is 4.32. The molecule has 1 unspecified atom stereocenters. The van der Waals surface area contributed by atoms with Crippen LogP contribution in [0.15, 0.2) is 18.2 Å². The Hall–Kier alpha value is -1.59. The van der Waals surface area contributed by atoms with Crippen molar-refractivity contribution in [3.8, 4) is 0 Å². The van der Waals surface area contributed by atoms with E-state index in [-0.39, 0.29) is 30.3 Å². The van der Waals surface area contributed by atoms with E-state index in [0.717, 1.165) is 35.7 Å². The first kappa shape index (κ1) is 17.8. The minimum Gasteiger partial charge on any atom is -0.348 e. The van der Waals surface area contributed by atoms with Gasteiger partial charge in [0.1, 0.15) is 0 Å². The van der Waals surface area contributed by atoms with E-state index in [2.05, 4.69) is 22.0 Å². The monoisotopic (exact) mass is 337 g/mol. The van der Waals surface area contributed by atoms with Gasteiger partial charge in [-0.15, -0.1) is 12.4 Å². The Morgan fingerprint density at radius 1 is 1.35 bits per heavy atom. The highest BCUT2D eigenvalue weighted by Crippen LogP contribution is 2.27. The van der Waals surface area contributed by atoms with E-state index in [1.165, 1.54) is 12.8 Å². The Morgan fingerprint density at radius 2 is 2.13 bits per heavy atom. The molecule has 1 saturated carbocycles. The van der Waals surface area contributed by atoms with Crippen molar-refractivity contribution in [1.29, 1.82) is 0 Å². The summed E-state index contributed by atoms with van der Waals surface area (Å²) >= 11 is 0. The first-order chi connectivity index (χ1) is 10.6. The van der Waals surface area contributed by atoms with Crippen molar-refractivity contribution in [2.24, 2.45) is 5.92 Å². The summed E-state index contributed by atoms with van der Waals surface area (Å²) < 4.78 is 0. The van der Waals surface area contributed by atoms with Gasteiger partial charge in [0.05, 0.1) is 12.6 Å². The molecule has 0 bridgehead atoms. The number of benzene rings is 1. The van der Waals surface area contributed by atoms with Crippen LogP contribution in [0.2, 0.25) is 0 Å². The molecular formula is C17H24ClN3O2. The molecule has 23 heavy (non-hydrogen) atoms. The maximum absolute atomic E-state index is 11.9. The zero-order valence-corrected chi connectivity index (χ0v) is 14.2. The zero-order chi connectivity index (χ0) is 15.5. The van der Waals surface area contributed by atoms with Gasteiger partial charge in [-0.3, -0.25) is 9.59 Å². The average molecular weight is 338 g/mol. The number of carbonyl (C=O) groups is 2. The molecule has 0 spiro atoms. The maximum Gasteiger partial charge on any atom is 0.234 e. The van der Waals surface area contributed by atoms with Crippen molar-refractivity contribution in [1.82, 2.24) is 10.6 Å². The molecule has 2 amide bonds. The summed E-state index contributed by atoms with van der Waals surface area (Å²) in [4.78, 5) is 23.3. The lowest BCUT2D eigenvalue weighted by atomic mass is 9.98. The van der Waals surface area contributed by atoms with Gasteiger partial charge in [-0.1, -0.05) is 12.1 Å². The fourth-order valence-corrected chi connectivity index (χ4v) is 2.76. The molecule has 2 aliphatic rings. The number of hydrogen-bond acceptors (Lipinski definition) is 3. The lowest BCUT2D eigenvalue weighted by Crippen LogP contribution is -2.36. The van der Waals surface area contributed by atoms with Crippen molar-refractivity contribution in [2.45, 2.75) is 38.6 Å². The van der Waals surface area contributed by atoms with Crippen LogP contribution < -0.4 is 16.0 Å². The highest BCUT2D eigenvalue weighted by molar-refractivity contribution is 5.93. The largest absolute Gasteiger partial charge is 0.348 e. The van der Waals surface area contributed by atoms with Crippen LogP contribution >= 0.6 is 12.4 Å². The molecular weight excluding hydrogens is 314 g/mol. The third-order valence-electron chi connectivity index (χ3n) is 4.32. The molecule has 1 fully saturated rings. The molecule has 6 heteroatoms. The second kappa shape index (κ2) is 7.79. The van der Waals surface area contributed by atoms with Crippen LogP contribution in [0, 0.1) is 5.92 Å². The molecule has 1 aliphatic heterocycles. The summed E-state index contributed by atoms with van der Waals surface area (Å²) in [6.07, 6.45) is 3.87. The van der Waals surface area contributed by atoms with Gasteiger partial charge in [0.25, 0.3) is 0 Å². The van der Waals surface area contributed by atoms with Gasteiger partial charge in [0.15, 0.2) is 0 Å². The Kier molecular flexibility index (Phi) is 6.02. The molecule has 1 heterocycles. The van der Waals surface area contributed by atoms with Crippen molar-refractivity contribution in [2.75, 3.05) is 18.4 Å². The fraction of sp³-hybridized carbons (Fsp3) is 0.529. The number of amides is 2. The molecule has 5 nitrogen and oxygen atoms in total. The molecule has 126 valence electrons. The van der Waals surface area contributed by atoms with Gasteiger partial charge in [-0.25, -0.2) is 0 Å². The van der Waals surface area contributed by atoms with E-state index in [9.17, 15) is 9.59 Å². The number of anilines is 1. The van der Waals surface area contributed by atoms with Crippen LogP contribution in [0.4, 0.5) is 5.69 Å². The van der Waals surface area contributed by atoms with Crippen LogP contribution in [0.3, 0.4) is 0 Å². The fourth-order valence-electron chi connectivity index (χ4n) is 2.76. The Morgan fingerprint density at radius 3 is 2.87 bits per heavy atom. The number of hydrogen-bond donors (Lipinski definition) is 3. The SMILES string of the molecule is CC(NC(=O)CNCC1CC1)c1ccc2c(c1)CCC(=O)N2.Cl. The van der Waals surface area contributed by atoms with Crippen LogP contribution in [0.5, 0.6) is 0 Å². The van der Waals surface area contributed by atoms with Gasteiger partial charge in [0, 0.05) is 12.1 Å².